The molecule has 0 saturated heterocycles. The fraction of sp³-hybridized carbons (Fsp3) is 0.833. The van der Waals surface area contributed by atoms with Gasteiger partial charge in [-0.15, -0.1) is 0 Å². The molecule has 0 spiro atoms. The summed E-state index contributed by atoms with van der Waals surface area (Å²) in [7, 11) is -2.32. The van der Waals surface area contributed by atoms with Gasteiger partial charge in [0.25, 0.3) is 0 Å². The van der Waals surface area contributed by atoms with E-state index in [0.717, 1.165) is 47.9 Å². The van der Waals surface area contributed by atoms with Crippen LogP contribution in [0.4, 0.5) is 0 Å². The number of aryl methyl sites for hydroxylation is 4. The van der Waals surface area contributed by atoms with E-state index in [9.17, 15) is 14.8 Å². The van der Waals surface area contributed by atoms with Gasteiger partial charge in [0.15, 0.2) is 0 Å². The molecule has 0 atom stereocenters. The van der Waals surface area contributed by atoms with Crippen molar-refractivity contribution in [2.75, 3.05) is 13.2 Å². The standard InChI is InChI=1S/C72H131O5P/c1-63-59-65(61-67(69(63)73)71(3,4)5)55-51-47-43-39-35-31-27-23-19-15-11-9-13-17-21-25-29-33-37-41-45-49-53-57-76-78(75)77-58-54-50-46-42-38-34-30-26-22-18-14-10-12-16-20-24-28-32-36-40-44-48-52-56-66-60-64(2)70(74)68(62-66)72(6,7)8/h59-62,73-74,78H,9-58H2,1-8H3. The van der Waals surface area contributed by atoms with Crippen LogP contribution >= 0.6 is 8.25 Å². The Kier molecular flexibility index (Phi) is 44.2. The molecule has 0 radical (unpaired) electrons. The van der Waals surface area contributed by atoms with Crippen LogP contribution in [-0.4, -0.2) is 23.4 Å². The van der Waals surface area contributed by atoms with E-state index in [2.05, 4.69) is 65.8 Å². The third-order valence-electron chi connectivity index (χ3n) is 17.0. The lowest BCUT2D eigenvalue weighted by Crippen LogP contribution is -2.12. The van der Waals surface area contributed by atoms with Crippen molar-refractivity contribution in [1.29, 1.82) is 0 Å². The minimum atomic E-state index is -2.32. The molecule has 454 valence electrons. The van der Waals surface area contributed by atoms with Crippen molar-refractivity contribution in [3.8, 4) is 11.5 Å². The molecule has 0 aromatic heterocycles. The summed E-state index contributed by atoms with van der Waals surface area (Å²) in [5.74, 6) is 0.959. The van der Waals surface area contributed by atoms with Crippen LogP contribution in [0.3, 0.4) is 0 Å². The number of rotatable bonds is 54. The van der Waals surface area contributed by atoms with Gasteiger partial charge in [0.2, 0.25) is 0 Å². The zero-order valence-corrected chi connectivity index (χ0v) is 54.3. The van der Waals surface area contributed by atoms with E-state index in [-0.39, 0.29) is 10.8 Å². The van der Waals surface area contributed by atoms with Crippen molar-refractivity contribution in [2.24, 2.45) is 0 Å². The summed E-state index contributed by atoms with van der Waals surface area (Å²) in [5.41, 5.74) is 6.94. The van der Waals surface area contributed by atoms with Gasteiger partial charge in [-0.25, -0.2) is 0 Å². The Morgan fingerprint density at radius 2 is 0.487 bits per heavy atom. The van der Waals surface area contributed by atoms with Crippen LogP contribution in [0, 0.1) is 13.8 Å². The van der Waals surface area contributed by atoms with Gasteiger partial charge in [-0.05, 0) is 96.6 Å². The molecular weight excluding hydrogens is 976 g/mol. The summed E-state index contributed by atoms with van der Waals surface area (Å²) in [6, 6.07) is 8.84. The average molecular weight is 1110 g/mol. The predicted molar refractivity (Wildman–Crippen MR) is 344 cm³/mol. The second-order valence-electron chi connectivity index (χ2n) is 26.8. The molecule has 0 unspecified atom stereocenters. The van der Waals surface area contributed by atoms with E-state index >= 15 is 0 Å². The Labute approximate surface area is 486 Å². The third kappa shape index (κ3) is 39.6. The van der Waals surface area contributed by atoms with Gasteiger partial charge in [-0.3, -0.25) is 4.57 Å². The molecule has 5 nitrogen and oxygen atoms in total. The number of aromatic hydroxyl groups is 2. The highest BCUT2D eigenvalue weighted by molar-refractivity contribution is 7.33. The highest BCUT2D eigenvalue weighted by Crippen LogP contribution is 2.36. The summed E-state index contributed by atoms with van der Waals surface area (Å²) >= 11 is 0. The number of phenolic OH excluding ortho intramolecular Hbond substituents is 2. The molecule has 0 saturated carbocycles. The van der Waals surface area contributed by atoms with Crippen LogP contribution in [0.1, 0.15) is 370 Å². The van der Waals surface area contributed by atoms with Crippen LogP contribution in [0.25, 0.3) is 0 Å². The molecule has 0 heterocycles. The first kappa shape index (κ1) is 72.3. The first-order valence-corrected chi connectivity index (χ1v) is 35.4. The molecule has 2 aromatic rings. The molecule has 2 N–H and O–H groups in total. The van der Waals surface area contributed by atoms with E-state index in [1.165, 1.54) is 294 Å². The Morgan fingerprint density at radius 1 is 0.308 bits per heavy atom. The summed E-state index contributed by atoms with van der Waals surface area (Å²) in [5, 5.41) is 21.0. The SMILES string of the molecule is Cc1cc(CCCCCCCCCCCCCCCCCCCCCCCCCO[PH](=O)OCCCCCCCCCCCCCCCCCCCCCCCCCc2cc(C)c(O)c(C(C)(C)C)c2)cc(C(C)(C)C)c1O. The van der Waals surface area contributed by atoms with Gasteiger partial charge in [-0.2, -0.15) is 0 Å². The monoisotopic (exact) mass is 1110 g/mol. The lowest BCUT2D eigenvalue weighted by atomic mass is 9.83. The minimum Gasteiger partial charge on any atom is -0.507 e. The van der Waals surface area contributed by atoms with Crippen LogP contribution in [0.15, 0.2) is 24.3 Å². The first-order chi connectivity index (χ1) is 37.7. The largest absolute Gasteiger partial charge is 0.507 e. The van der Waals surface area contributed by atoms with Gasteiger partial charge < -0.3 is 19.3 Å². The molecular formula is C72H131O5P. The maximum atomic E-state index is 12.2. The quantitative estimate of drug-likeness (QED) is 0.0510. The summed E-state index contributed by atoms with van der Waals surface area (Å²) in [6.07, 6.45) is 64.9. The van der Waals surface area contributed by atoms with E-state index < -0.39 is 8.25 Å². The zero-order chi connectivity index (χ0) is 56.8. The molecule has 6 heteroatoms. The van der Waals surface area contributed by atoms with Gasteiger partial charge in [0.1, 0.15) is 11.5 Å². The minimum absolute atomic E-state index is 0.0184. The normalized spacial score (nSPS) is 12.2. The maximum absolute atomic E-state index is 12.2. The molecule has 0 aliphatic rings. The van der Waals surface area contributed by atoms with E-state index in [1.807, 2.05) is 13.8 Å². The van der Waals surface area contributed by atoms with E-state index in [1.54, 1.807) is 0 Å². The van der Waals surface area contributed by atoms with Gasteiger partial charge in [0.05, 0.1) is 13.2 Å². The molecule has 0 bridgehead atoms. The molecule has 0 amide bonds. The molecule has 2 rings (SSSR count). The lowest BCUT2D eigenvalue weighted by molar-refractivity contribution is 0.218. The van der Waals surface area contributed by atoms with Gasteiger partial charge in [0, 0.05) is 0 Å². The fourth-order valence-corrected chi connectivity index (χ4v) is 12.5. The summed E-state index contributed by atoms with van der Waals surface area (Å²) in [6.45, 7) is 18.3. The summed E-state index contributed by atoms with van der Waals surface area (Å²) in [4.78, 5) is 0. The first-order valence-electron chi connectivity index (χ1n) is 34.2. The number of unbranched alkanes of at least 4 members (excludes halogenated alkanes) is 44. The van der Waals surface area contributed by atoms with Crippen molar-refractivity contribution in [3.05, 3.63) is 57.6 Å². The molecule has 2 aromatic carbocycles. The summed E-state index contributed by atoms with van der Waals surface area (Å²) < 4.78 is 23.2. The Morgan fingerprint density at radius 3 is 0.679 bits per heavy atom. The Balaban J connectivity index is 1.17. The second kappa shape index (κ2) is 47.7. The number of hydrogen-bond donors (Lipinski definition) is 2. The van der Waals surface area contributed by atoms with Gasteiger partial charge >= 0.3 is 8.25 Å². The second-order valence-corrected chi connectivity index (χ2v) is 27.9. The molecule has 0 aliphatic heterocycles. The lowest BCUT2D eigenvalue weighted by Gasteiger charge is -2.22. The highest BCUT2D eigenvalue weighted by atomic mass is 31.1. The van der Waals surface area contributed by atoms with Crippen LogP contribution in [-0.2, 0) is 37.3 Å². The maximum Gasteiger partial charge on any atom is 0.319 e. The van der Waals surface area contributed by atoms with Crippen molar-refractivity contribution < 1.29 is 23.8 Å². The van der Waals surface area contributed by atoms with Crippen LogP contribution in [0.5, 0.6) is 11.5 Å². The van der Waals surface area contributed by atoms with Crippen LogP contribution in [0.2, 0.25) is 0 Å². The topological polar surface area (TPSA) is 76.0 Å². The van der Waals surface area contributed by atoms with Crippen molar-refractivity contribution in [3.63, 3.8) is 0 Å². The molecule has 78 heavy (non-hydrogen) atoms. The highest BCUT2D eigenvalue weighted by Gasteiger charge is 2.21. The molecule has 0 fully saturated rings. The van der Waals surface area contributed by atoms with Crippen molar-refractivity contribution in [2.45, 2.75) is 374 Å². The van der Waals surface area contributed by atoms with Crippen LogP contribution < -0.4 is 0 Å². The molecule has 0 aliphatic carbocycles. The van der Waals surface area contributed by atoms with E-state index in [4.69, 9.17) is 9.05 Å². The fourth-order valence-electron chi connectivity index (χ4n) is 11.8. The van der Waals surface area contributed by atoms with Gasteiger partial charge in [-0.1, -0.05) is 335 Å². The van der Waals surface area contributed by atoms with E-state index in [0.29, 0.717) is 24.7 Å². The average Bonchev–Trinajstić information content (AvgIpc) is 3.45. The van der Waals surface area contributed by atoms with Crippen molar-refractivity contribution in [1.82, 2.24) is 0 Å². The number of benzene rings is 2. The third-order valence-corrected chi connectivity index (χ3v) is 17.9. The Bertz CT molecular complexity index is 1600. The zero-order valence-electron chi connectivity index (χ0n) is 53.3. The predicted octanol–water partition coefficient (Wildman–Crippen LogP) is 24.5. The Hall–Kier alpha value is -1.81. The number of hydrogen-bond acceptors (Lipinski definition) is 5. The van der Waals surface area contributed by atoms with Crippen molar-refractivity contribution >= 4 is 8.25 Å². The smallest absolute Gasteiger partial charge is 0.319 e. The number of phenols is 2.